The summed E-state index contributed by atoms with van der Waals surface area (Å²) in [6, 6.07) is 8.52. The van der Waals surface area contributed by atoms with E-state index >= 15 is 0 Å². The third-order valence-electron chi connectivity index (χ3n) is 4.84. The number of thioether (sulfide) groups is 1. The normalized spacial score (nSPS) is 16.2. The van der Waals surface area contributed by atoms with Gasteiger partial charge in [-0.2, -0.15) is 0 Å². The maximum atomic E-state index is 12.1. The van der Waals surface area contributed by atoms with Crippen molar-refractivity contribution in [2.75, 3.05) is 19.3 Å². The van der Waals surface area contributed by atoms with E-state index in [9.17, 15) is 4.79 Å². The highest BCUT2D eigenvalue weighted by Gasteiger charge is 2.26. The van der Waals surface area contributed by atoms with Gasteiger partial charge in [0.15, 0.2) is 0 Å². The number of likely N-dealkylation sites (tertiary alicyclic amines) is 1. The van der Waals surface area contributed by atoms with Gasteiger partial charge in [-0.15, -0.1) is 11.8 Å². The van der Waals surface area contributed by atoms with Crippen LogP contribution in [-0.4, -0.2) is 35.9 Å². The topological polar surface area (TPSA) is 42.7 Å². The van der Waals surface area contributed by atoms with Crippen LogP contribution in [0.15, 0.2) is 33.6 Å². The Hall–Kier alpha value is -1.62. The first-order chi connectivity index (χ1) is 12.3. The van der Waals surface area contributed by atoms with Crippen molar-refractivity contribution in [1.82, 2.24) is 4.90 Å². The van der Waals surface area contributed by atoms with Gasteiger partial charge in [-0.05, 0) is 76.5 Å². The van der Waals surface area contributed by atoms with Crippen LogP contribution in [0, 0.1) is 5.92 Å². The number of ether oxygens (including phenoxy) is 1. The van der Waals surface area contributed by atoms with Crippen LogP contribution in [0.1, 0.15) is 45.8 Å². The number of carbonyl (C=O) groups is 1. The molecular formula is C21H29NO3S. The Balaban J connectivity index is 1.49. The number of fused-ring (bicyclic) bond motifs is 1. The first-order valence-electron chi connectivity index (χ1n) is 9.38. The smallest absolute Gasteiger partial charge is 0.410 e. The van der Waals surface area contributed by atoms with Gasteiger partial charge >= 0.3 is 6.09 Å². The molecule has 0 spiro atoms. The van der Waals surface area contributed by atoms with Gasteiger partial charge in [0, 0.05) is 29.8 Å². The third-order valence-corrected chi connectivity index (χ3v) is 5.57. The summed E-state index contributed by atoms with van der Waals surface area (Å²) in [5.41, 5.74) is 0.545. The molecule has 4 nitrogen and oxygen atoms in total. The molecule has 26 heavy (non-hydrogen) atoms. The number of benzene rings is 1. The van der Waals surface area contributed by atoms with Gasteiger partial charge in [-0.25, -0.2) is 4.79 Å². The number of hydrogen-bond acceptors (Lipinski definition) is 4. The summed E-state index contributed by atoms with van der Waals surface area (Å²) < 4.78 is 11.4. The molecule has 1 aromatic heterocycles. The third kappa shape index (κ3) is 4.97. The molecule has 0 unspecified atom stereocenters. The molecule has 0 radical (unpaired) electrons. The molecule has 1 aromatic carbocycles. The number of carbonyl (C=O) groups excluding carboxylic acids is 1. The summed E-state index contributed by atoms with van der Waals surface area (Å²) in [7, 11) is 0. The van der Waals surface area contributed by atoms with Gasteiger partial charge in [-0.3, -0.25) is 0 Å². The van der Waals surface area contributed by atoms with Crippen LogP contribution in [0.2, 0.25) is 0 Å². The van der Waals surface area contributed by atoms with Crippen molar-refractivity contribution in [3.8, 4) is 0 Å². The van der Waals surface area contributed by atoms with Crippen molar-refractivity contribution in [2.45, 2.75) is 57.0 Å². The van der Waals surface area contributed by atoms with Crippen molar-refractivity contribution in [2.24, 2.45) is 5.92 Å². The van der Waals surface area contributed by atoms with Crippen LogP contribution < -0.4 is 0 Å². The van der Waals surface area contributed by atoms with E-state index < -0.39 is 5.60 Å². The molecule has 3 rings (SSSR count). The van der Waals surface area contributed by atoms with E-state index in [4.69, 9.17) is 9.15 Å². The molecule has 1 fully saturated rings. The lowest BCUT2D eigenvalue weighted by molar-refractivity contribution is 0.0181. The Morgan fingerprint density at radius 3 is 2.65 bits per heavy atom. The molecule has 1 amide bonds. The van der Waals surface area contributed by atoms with Crippen LogP contribution in [-0.2, 0) is 11.2 Å². The van der Waals surface area contributed by atoms with Gasteiger partial charge in [0.2, 0.25) is 0 Å². The van der Waals surface area contributed by atoms with Gasteiger partial charge in [-0.1, -0.05) is 0 Å². The number of hydrogen-bond donors (Lipinski definition) is 0. The van der Waals surface area contributed by atoms with Gasteiger partial charge in [0.05, 0.1) is 0 Å². The van der Waals surface area contributed by atoms with E-state index in [0.717, 1.165) is 50.1 Å². The molecule has 1 aliphatic heterocycles. The standard InChI is InChI=1S/C21H29NO3S/c1-21(2,3)25-20(23)22-11-9-15(10-12-22)5-6-17-13-16-14-18(26-4)7-8-19(16)24-17/h7-8,13-15H,5-6,9-12H2,1-4H3. The number of rotatable bonds is 4. The molecule has 0 atom stereocenters. The second kappa shape index (κ2) is 7.95. The minimum Gasteiger partial charge on any atom is -0.461 e. The molecular weight excluding hydrogens is 346 g/mol. The average Bonchev–Trinajstić information content (AvgIpc) is 3.00. The lowest BCUT2D eigenvalue weighted by Gasteiger charge is -2.33. The van der Waals surface area contributed by atoms with Crippen LogP contribution >= 0.6 is 11.8 Å². The zero-order valence-electron chi connectivity index (χ0n) is 16.2. The predicted octanol–water partition coefficient (Wildman–Crippen LogP) is 5.73. The predicted molar refractivity (Wildman–Crippen MR) is 107 cm³/mol. The molecule has 2 aromatic rings. The van der Waals surface area contributed by atoms with E-state index in [2.05, 4.69) is 30.5 Å². The monoisotopic (exact) mass is 375 g/mol. The van der Waals surface area contributed by atoms with Crippen molar-refractivity contribution in [3.63, 3.8) is 0 Å². The first-order valence-corrected chi connectivity index (χ1v) is 10.6. The number of amides is 1. The van der Waals surface area contributed by atoms with Crippen molar-refractivity contribution in [1.29, 1.82) is 0 Å². The Bertz CT molecular complexity index is 754. The van der Waals surface area contributed by atoms with Crippen molar-refractivity contribution < 1.29 is 13.9 Å². The van der Waals surface area contributed by atoms with Gasteiger partial charge in [0.25, 0.3) is 0 Å². The van der Waals surface area contributed by atoms with Crippen LogP contribution in [0.25, 0.3) is 11.0 Å². The Morgan fingerprint density at radius 1 is 1.27 bits per heavy atom. The van der Waals surface area contributed by atoms with Crippen molar-refractivity contribution in [3.05, 3.63) is 30.0 Å². The highest BCUT2D eigenvalue weighted by molar-refractivity contribution is 7.98. The van der Waals surface area contributed by atoms with Crippen LogP contribution in [0.5, 0.6) is 0 Å². The van der Waals surface area contributed by atoms with E-state index in [1.807, 2.05) is 25.7 Å². The first kappa shape index (κ1) is 19.2. The van der Waals surface area contributed by atoms with Gasteiger partial charge < -0.3 is 14.1 Å². The lowest BCUT2D eigenvalue weighted by atomic mass is 9.92. The van der Waals surface area contributed by atoms with E-state index in [1.54, 1.807) is 11.8 Å². The molecule has 0 bridgehead atoms. The quantitative estimate of drug-likeness (QED) is 0.640. The SMILES string of the molecule is CSc1ccc2oc(CCC3CCN(C(=O)OC(C)(C)C)CC3)cc2c1. The largest absolute Gasteiger partial charge is 0.461 e. The molecule has 1 aliphatic rings. The lowest BCUT2D eigenvalue weighted by Crippen LogP contribution is -2.41. The molecule has 2 heterocycles. The summed E-state index contributed by atoms with van der Waals surface area (Å²) >= 11 is 1.75. The zero-order valence-corrected chi connectivity index (χ0v) is 17.0. The van der Waals surface area contributed by atoms with Crippen LogP contribution in [0.3, 0.4) is 0 Å². The van der Waals surface area contributed by atoms with Gasteiger partial charge in [0.1, 0.15) is 16.9 Å². The maximum absolute atomic E-state index is 12.1. The highest BCUT2D eigenvalue weighted by Crippen LogP contribution is 2.28. The van der Waals surface area contributed by atoms with E-state index in [1.165, 1.54) is 10.3 Å². The number of aryl methyl sites for hydroxylation is 1. The molecule has 0 aliphatic carbocycles. The second-order valence-corrected chi connectivity index (χ2v) is 8.95. The summed E-state index contributed by atoms with van der Waals surface area (Å²) in [4.78, 5) is 15.2. The fraction of sp³-hybridized carbons (Fsp3) is 0.571. The fourth-order valence-corrected chi connectivity index (χ4v) is 3.85. The summed E-state index contributed by atoms with van der Waals surface area (Å²) in [5.74, 6) is 1.71. The summed E-state index contributed by atoms with van der Waals surface area (Å²) in [5, 5.41) is 1.19. The average molecular weight is 376 g/mol. The summed E-state index contributed by atoms with van der Waals surface area (Å²) in [6.45, 7) is 7.31. The number of nitrogens with zero attached hydrogens (tertiary/aromatic N) is 1. The second-order valence-electron chi connectivity index (χ2n) is 8.07. The molecule has 0 N–H and O–H groups in total. The fourth-order valence-electron chi connectivity index (χ4n) is 3.40. The Labute approximate surface area is 160 Å². The zero-order chi connectivity index (χ0) is 18.7. The maximum Gasteiger partial charge on any atom is 0.410 e. The van der Waals surface area contributed by atoms with Crippen LogP contribution in [0.4, 0.5) is 4.79 Å². The van der Waals surface area contributed by atoms with Crippen molar-refractivity contribution >= 4 is 28.8 Å². The molecule has 5 heteroatoms. The molecule has 1 saturated heterocycles. The molecule has 0 saturated carbocycles. The minimum absolute atomic E-state index is 0.183. The Morgan fingerprint density at radius 2 is 2.00 bits per heavy atom. The van der Waals surface area contributed by atoms with E-state index in [0.29, 0.717) is 5.92 Å². The van der Waals surface area contributed by atoms with E-state index in [-0.39, 0.29) is 6.09 Å². The highest BCUT2D eigenvalue weighted by atomic mass is 32.2. The minimum atomic E-state index is -0.425. The summed E-state index contributed by atoms with van der Waals surface area (Å²) in [6.07, 6.45) is 6.05. The number of furan rings is 1. The Kier molecular flexibility index (Phi) is 5.86. The molecule has 142 valence electrons. The number of piperidine rings is 1.